The second kappa shape index (κ2) is 5.47. The van der Waals surface area contributed by atoms with Crippen molar-refractivity contribution >= 4 is 28.1 Å². The summed E-state index contributed by atoms with van der Waals surface area (Å²) in [5, 5.41) is 5.83. The number of aryl methyl sites for hydroxylation is 1. The van der Waals surface area contributed by atoms with Crippen molar-refractivity contribution in [2.75, 3.05) is 19.7 Å². The van der Waals surface area contributed by atoms with Crippen molar-refractivity contribution in [2.45, 2.75) is 12.6 Å². The predicted molar refractivity (Wildman–Crippen MR) is 82.5 cm³/mol. The standard InChI is InChI=1S/C14H18N4OS/c1-17-12-5-3-2-4-10(12)11(16-17)8-18-6-7-19-13(9-18)14(15)20/h2-5,13H,6-9H2,1H3,(H2,15,20). The highest BCUT2D eigenvalue weighted by Gasteiger charge is 2.23. The first-order valence-corrected chi connectivity index (χ1v) is 7.10. The van der Waals surface area contributed by atoms with Gasteiger partial charge in [0.15, 0.2) is 0 Å². The fourth-order valence-corrected chi connectivity index (χ4v) is 2.78. The van der Waals surface area contributed by atoms with Gasteiger partial charge in [-0.2, -0.15) is 5.10 Å². The number of rotatable bonds is 3. The molecule has 1 fully saturated rings. The number of nitrogens with zero attached hydrogens (tertiary/aromatic N) is 3. The van der Waals surface area contributed by atoms with Crippen LogP contribution in [-0.4, -0.2) is 45.5 Å². The van der Waals surface area contributed by atoms with Gasteiger partial charge < -0.3 is 10.5 Å². The first-order chi connectivity index (χ1) is 9.65. The van der Waals surface area contributed by atoms with Gasteiger partial charge in [0.1, 0.15) is 11.1 Å². The first kappa shape index (κ1) is 13.5. The third-order valence-corrected chi connectivity index (χ3v) is 3.94. The van der Waals surface area contributed by atoms with E-state index < -0.39 is 0 Å². The van der Waals surface area contributed by atoms with Gasteiger partial charge in [0.2, 0.25) is 0 Å². The number of benzene rings is 1. The molecule has 0 radical (unpaired) electrons. The van der Waals surface area contributed by atoms with Crippen LogP contribution < -0.4 is 5.73 Å². The summed E-state index contributed by atoms with van der Waals surface area (Å²) in [5.74, 6) is 0. The number of thiocarbonyl (C=S) groups is 1. The molecule has 1 saturated heterocycles. The second-order valence-electron chi connectivity index (χ2n) is 5.08. The summed E-state index contributed by atoms with van der Waals surface area (Å²) in [7, 11) is 1.98. The smallest absolute Gasteiger partial charge is 0.120 e. The summed E-state index contributed by atoms with van der Waals surface area (Å²) in [6, 6.07) is 8.28. The van der Waals surface area contributed by atoms with Crippen LogP contribution in [0.3, 0.4) is 0 Å². The van der Waals surface area contributed by atoms with E-state index in [9.17, 15) is 0 Å². The van der Waals surface area contributed by atoms with Gasteiger partial charge in [-0.25, -0.2) is 0 Å². The molecule has 0 spiro atoms. The first-order valence-electron chi connectivity index (χ1n) is 6.69. The molecule has 5 nitrogen and oxygen atoms in total. The van der Waals surface area contributed by atoms with Crippen LogP contribution in [0.1, 0.15) is 5.69 Å². The molecule has 3 rings (SSSR count). The van der Waals surface area contributed by atoms with Crippen molar-refractivity contribution in [2.24, 2.45) is 12.8 Å². The highest BCUT2D eigenvalue weighted by molar-refractivity contribution is 7.80. The van der Waals surface area contributed by atoms with E-state index in [-0.39, 0.29) is 6.10 Å². The number of hydrogen-bond donors (Lipinski definition) is 1. The number of ether oxygens (including phenoxy) is 1. The molecule has 6 heteroatoms. The van der Waals surface area contributed by atoms with Crippen LogP contribution >= 0.6 is 12.2 Å². The third kappa shape index (κ3) is 2.54. The number of para-hydroxylation sites is 1. The lowest BCUT2D eigenvalue weighted by Gasteiger charge is -2.31. The molecule has 0 amide bonds. The van der Waals surface area contributed by atoms with Crippen molar-refractivity contribution in [3.8, 4) is 0 Å². The van der Waals surface area contributed by atoms with Gasteiger partial charge in [-0.15, -0.1) is 0 Å². The van der Waals surface area contributed by atoms with Gasteiger partial charge in [-0.3, -0.25) is 9.58 Å². The zero-order valence-corrected chi connectivity index (χ0v) is 12.3. The Labute approximate surface area is 123 Å². The number of hydrogen-bond acceptors (Lipinski definition) is 4. The van der Waals surface area contributed by atoms with E-state index in [2.05, 4.69) is 22.1 Å². The van der Waals surface area contributed by atoms with Gasteiger partial charge in [0.25, 0.3) is 0 Å². The minimum absolute atomic E-state index is 0.145. The molecule has 0 aliphatic carbocycles. The normalized spacial score (nSPS) is 20.4. The summed E-state index contributed by atoms with van der Waals surface area (Å²) in [5.41, 5.74) is 7.92. The van der Waals surface area contributed by atoms with E-state index in [0.717, 1.165) is 30.8 Å². The van der Waals surface area contributed by atoms with E-state index in [0.29, 0.717) is 11.6 Å². The van der Waals surface area contributed by atoms with Gasteiger partial charge in [-0.05, 0) is 6.07 Å². The Kier molecular flexibility index (Phi) is 3.69. The molecular formula is C14H18N4OS. The molecule has 1 aliphatic rings. The average Bonchev–Trinajstić information content (AvgIpc) is 2.76. The molecule has 2 N–H and O–H groups in total. The summed E-state index contributed by atoms with van der Waals surface area (Å²) in [4.78, 5) is 2.72. The SMILES string of the molecule is Cn1nc(CN2CCOC(C(N)=S)C2)c2ccccc21. The van der Waals surface area contributed by atoms with Crippen molar-refractivity contribution in [1.82, 2.24) is 14.7 Å². The number of morpholine rings is 1. The van der Waals surface area contributed by atoms with Crippen LogP contribution in [0.4, 0.5) is 0 Å². The summed E-state index contributed by atoms with van der Waals surface area (Å²) >= 11 is 5.02. The van der Waals surface area contributed by atoms with Crippen molar-refractivity contribution in [3.63, 3.8) is 0 Å². The Morgan fingerprint density at radius 2 is 2.30 bits per heavy atom. The molecule has 1 aromatic heterocycles. The van der Waals surface area contributed by atoms with Crippen LogP contribution in [0.25, 0.3) is 10.9 Å². The van der Waals surface area contributed by atoms with Gasteiger partial charge in [0.05, 0.1) is 17.8 Å². The summed E-state index contributed by atoms with van der Waals surface area (Å²) in [6.07, 6.45) is -0.145. The molecule has 106 valence electrons. The quantitative estimate of drug-likeness (QED) is 0.857. The van der Waals surface area contributed by atoms with Crippen molar-refractivity contribution in [1.29, 1.82) is 0 Å². The lowest BCUT2D eigenvalue weighted by molar-refractivity contribution is 0.00355. The molecule has 1 unspecified atom stereocenters. The number of fused-ring (bicyclic) bond motifs is 1. The third-order valence-electron chi connectivity index (χ3n) is 3.68. The second-order valence-corrected chi connectivity index (χ2v) is 5.56. The highest BCUT2D eigenvalue weighted by Crippen LogP contribution is 2.19. The average molecular weight is 290 g/mol. The Morgan fingerprint density at radius 3 is 3.10 bits per heavy atom. The van der Waals surface area contributed by atoms with E-state index in [1.54, 1.807) is 0 Å². The lowest BCUT2D eigenvalue weighted by Crippen LogP contribution is -2.47. The van der Waals surface area contributed by atoms with Gasteiger partial charge in [0, 0.05) is 32.1 Å². The number of nitrogens with two attached hydrogens (primary N) is 1. The predicted octanol–water partition coefficient (Wildman–Crippen LogP) is 1.06. The van der Waals surface area contributed by atoms with E-state index in [1.165, 1.54) is 5.39 Å². The summed E-state index contributed by atoms with van der Waals surface area (Å²) < 4.78 is 7.49. The molecule has 2 aromatic rings. The topological polar surface area (TPSA) is 56.3 Å². The summed E-state index contributed by atoms with van der Waals surface area (Å²) in [6.45, 7) is 3.07. The molecule has 0 bridgehead atoms. The molecule has 1 aromatic carbocycles. The monoisotopic (exact) mass is 290 g/mol. The maximum Gasteiger partial charge on any atom is 0.120 e. The maximum absolute atomic E-state index is 5.68. The van der Waals surface area contributed by atoms with Crippen LogP contribution in [-0.2, 0) is 18.3 Å². The Balaban J connectivity index is 1.81. The fourth-order valence-electron chi connectivity index (χ4n) is 2.64. The van der Waals surface area contributed by atoms with Crippen molar-refractivity contribution in [3.05, 3.63) is 30.0 Å². The van der Waals surface area contributed by atoms with Crippen LogP contribution in [0, 0.1) is 0 Å². The zero-order valence-electron chi connectivity index (χ0n) is 11.5. The Morgan fingerprint density at radius 1 is 1.50 bits per heavy atom. The van der Waals surface area contributed by atoms with E-state index in [1.807, 2.05) is 23.9 Å². The van der Waals surface area contributed by atoms with E-state index in [4.69, 9.17) is 22.7 Å². The maximum atomic E-state index is 5.68. The molecule has 1 atom stereocenters. The fraction of sp³-hybridized carbons (Fsp3) is 0.429. The van der Waals surface area contributed by atoms with E-state index >= 15 is 0 Å². The molecule has 1 aliphatic heterocycles. The highest BCUT2D eigenvalue weighted by atomic mass is 32.1. The van der Waals surface area contributed by atoms with Crippen molar-refractivity contribution < 1.29 is 4.74 Å². The Bertz CT molecular complexity index is 639. The van der Waals surface area contributed by atoms with Crippen LogP contribution in [0.15, 0.2) is 24.3 Å². The Hall–Kier alpha value is -1.50. The molecule has 2 heterocycles. The molecule has 20 heavy (non-hydrogen) atoms. The van der Waals surface area contributed by atoms with Gasteiger partial charge in [-0.1, -0.05) is 30.4 Å². The largest absolute Gasteiger partial charge is 0.391 e. The van der Waals surface area contributed by atoms with Crippen LogP contribution in [0.5, 0.6) is 0 Å². The molecule has 0 saturated carbocycles. The number of aromatic nitrogens is 2. The minimum Gasteiger partial charge on any atom is -0.391 e. The molecular weight excluding hydrogens is 272 g/mol. The lowest BCUT2D eigenvalue weighted by atomic mass is 10.2. The van der Waals surface area contributed by atoms with Gasteiger partial charge >= 0.3 is 0 Å². The zero-order chi connectivity index (χ0) is 14.1. The van der Waals surface area contributed by atoms with Crippen LogP contribution in [0.2, 0.25) is 0 Å². The minimum atomic E-state index is -0.145.